The van der Waals surface area contributed by atoms with Crippen LogP contribution in [-0.2, 0) is 14.2 Å². The summed E-state index contributed by atoms with van der Waals surface area (Å²) in [7, 11) is 1.22. The van der Waals surface area contributed by atoms with Crippen molar-refractivity contribution in [2.24, 2.45) is 0 Å². The Morgan fingerprint density at radius 3 is 1.84 bits per heavy atom. The number of anilines is 1. The van der Waals surface area contributed by atoms with E-state index in [0.29, 0.717) is 4.90 Å². The minimum atomic E-state index is -0.962. The average molecular weight is 352 g/mol. The normalized spacial score (nSPS) is 11.5. The molecule has 8 nitrogen and oxygen atoms in total. The van der Waals surface area contributed by atoms with Gasteiger partial charge < -0.3 is 14.2 Å². The van der Waals surface area contributed by atoms with Crippen molar-refractivity contribution >= 4 is 24.0 Å². The van der Waals surface area contributed by atoms with Gasteiger partial charge in [0.1, 0.15) is 17.0 Å². The van der Waals surface area contributed by atoms with E-state index in [1.54, 1.807) is 41.5 Å². The Morgan fingerprint density at radius 2 is 1.44 bits per heavy atom. The molecule has 1 aromatic heterocycles. The zero-order valence-corrected chi connectivity index (χ0v) is 15.6. The minimum absolute atomic E-state index is 0.105. The van der Waals surface area contributed by atoms with Crippen molar-refractivity contribution in [1.29, 1.82) is 0 Å². The highest BCUT2D eigenvalue weighted by Crippen LogP contribution is 2.21. The molecule has 0 bridgehead atoms. The summed E-state index contributed by atoms with van der Waals surface area (Å²) in [6.07, 6.45) is -0.643. The highest BCUT2D eigenvalue weighted by Gasteiger charge is 2.33. The molecule has 0 aliphatic rings. The van der Waals surface area contributed by atoms with Crippen LogP contribution in [-0.4, -0.2) is 41.5 Å². The van der Waals surface area contributed by atoms with Crippen LogP contribution in [0.4, 0.5) is 15.4 Å². The van der Waals surface area contributed by atoms with Gasteiger partial charge in [-0.2, -0.15) is 4.90 Å². The summed E-state index contributed by atoms with van der Waals surface area (Å²) in [5.41, 5.74) is -1.54. The number of hydrogen-bond acceptors (Lipinski definition) is 7. The number of carbonyl (C=O) groups excluding carboxylic acids is 3. The maximum absolute atomic E-state index is 12.5. The lowest BCUT2D eigenvalue weighted by molar-refractivity contribution is 0.0427. The highest BCUT2D eigenvalue weighted by molar-refractivity contribution is 6.09. The molecule has 0 atom stereocenters. The first-order valence-electron chi connectivity index (χ1n) is 7.64. The van der Waals surface area contributed by atoms with Gasteiger partial charge in [0.25, 0.3) is 0 Å². The van der Waals surface area contributed by atoms with E-state index in [4.69, 9.17) is 9.47 Å². The molecule has 0 radical (unpaired) electrons. The predicted octanol–water partition coefficient (Wildman–Crippen LogP) is 3.54. The molecule has 0 aliphatic heterocycles. The first kappa shape index (κ1) is 20.4. The molecule has 0 saturated carbocycles. The number of rotatable bonds is 2. The van der Waals surface area contributed by atoms with Gasteiger partial charge in [-0.15, -0.1) is 0 Å². The number of aromatic nitrogens is 1. The number of pyridine rings is 1. The lowest BCUT2D eigenvalue weighted by Gasteiger charge is -2.28. The Bertz CT molecular complexity index is 630. The quantitative estimate of drug-likeness (QED) is 0.593. The van der Waals surface area contributed by atoms with Crippen LogP contribution in [0, 0.1) is 0 Å². The largest absolute Gasteiger partial charge is 0.465 e. The predicted molar refractivity (Wildman–Crippen MR) is 90.5 cm³/mol. The highest BCUT2D eigenvalue weighted by atomic mass is 16.6. The third-order valence-electron chi connectivity index (χ3n) is 2.55. The lowest BCUT2D eigenvalue weighted by atomic mass is 10.2. The topological polar surface area (TPSA) is 95.0 Å². The molecule has 0 aliphatic carbocycles. The minimum Gasteiger partial charge on any atom is -0.465 e. The second-order valence-electron chi connectivity index (χ2n) is 7.19. The summed E-state index contributed by atoms with van der Waals surface area (Å²) in [5, 5.41) is 0. The first-order valence-corrected chi connectivity index (χ1v) is 7.64. The van der Waals surface area contributed by atoms with Gasteiger partial charge in [0, 0.05) is 6.20 Å². The summed E-state index contributed by atoms with van der Waals surface area (Å²) >= 11 is 0. The van der Waals surface area contributed by atoms with E-state index in [2.05, 4.69) is 9.72 Å². The second-order valence-corrected chi connectivity index (χ2v) is 7.19. The van der Waals surface area contributed by atoms with E-state index in [-0.39, 0.29) is 11.4 Å². The van der Waals surface area contributed by atoms with E-state index in [0.717, 1.165) is 0 Å². The van der Waals surface area contributed by atoms with Crippen molar-refractivity contribution in [3.63, 3.8) is 0 Å². The summed E-state index contributed by atoms with van der Waals surface area (Å²) < 4.78 is 15.1. The van der Waals surface area contributed by atoms with E-state index >= 15 is 0 Å². The van der Waals surface area contributed by atoms with Crippen molar-refractivity contribution < 1.29 is 28.6 Å². The SMILES string of the molecule is COC(=O)c1ccnc(N(C(=O)OC(C)(C)C)C(=O)OC(C)(C)C)c1. The molecule has 2 amide bonds. The Labute approximate surface area is 147 Å². The monoisotopic (exact) mass is 352 g/mol. The number of methoxy groups -OCH3 is 1. The van der Waals surface area contributed by atoms with Crippen LogP contribution in [0.3, 0.4) is 0 Å². The van der Waals surface area contributed by atoms with Crippen molar-refractivity contribution in [2.75, 3.05) is 12.0 Å². The molecule has 25 heavy (non-hydrogen) atoms. The van der Waals surface area contributed by atoms with E-state index in [1.807, 2.05) is 0 Å². The maximum atomic E-state index is 12.5. The zero-order valence-electron chi connectivity index (χ0n) is 15.6. The van der Waals surface area contributed by atoms with Crippen LogP contribution in [0.2, 0.25) is 0 Å². The molecule has 1 aromatic rings. The van der Waals surface area contributed by atoms with Gasteiger partial charge in [-0.25, -0.2) is 19.4 Å². The zero-order chi connectivity index (χ0) is 19.4. The third kappa shape index (κ3) is 6.40. The van der Waals surface area contributed by atoms with Crippen molar-refractivity contribution in [3.05, 3.63) is 23.9 Å². The number of amides is 2. The van der Waals surface area contributed by atoms with Gasteiger partial charge in [-0.1, -0.05) is 0 Å². The summed E-state index contributed by atoms with van der Waals surface area (Å²) in [5.74, 6) is -0.733. The van der Waals surface area contributed by atoms with Crippen LogP contribution in [0.1, 0.15) is 51.9 Å². The Kier molecular flexibility index (Phi) is 6.12. The summed E-state index contributed by atoms with van der Waals surface area (Å²) in [6.45, 7) is 9.98. The van der Waals surface area contributed by atoms with E-state index in [9.17, 15) is 14.4 Å². The van der Waals surface area contributed by atoms with Gasteiger partial charge in [0.15, 0.2) is 0 Å². The Hall–Kier alpha value is -2.64. The molecular formula is C17H24N2O6. The first-order chi connectivity index (χ1) is 11.3. The fourth-order valence-electron chi connectivity index (χ4n) is 1.66. The standard InChI is InChI=1S/C17H24N2O6/c1-16(2,3)24-14(21)19(15(22)25-17(4,5)6)12-10-11(8-9-18-12)13(20)23-7/h8-10H,1-7H3. The number of imide groups is 1. The Morgan fingerprint density at radius 1 is 0.960 bits per heavy atom. The number of carbonyl (C=O) groups is 3. The number of nitrogens with zero attached hydrogens (tertiary/aromatic N) is 2. The third-order valence-corrected chi connectivity index (χ3v) is 2.55. The van der Waals surface area contributed by atoms with Crippen LogP contribution >= 0.6 is 0 Å². The van der Waals surface area contributed by atoms with Crippen molar-refractivity contribution in [1.82, 2.24) is 4.98 Å². The fourth-order valence-corrected chi connectivity index (χ4v) is 1.66. The van der Waals surface area contributed by atoms with Crippen LogP contribution < -0.4 is 4.90 Å². The number of esters is 1. The Balaban J connectivity index is 3.29. The van der Waals surface area contributed by atoms with E-state index in [1.165, 1.54) is 25.4 Å². The van der Waals surface area contributed by atoms with Crippen LogP contribution in [0.5, 0.6) is 0 Å². The molecular weight excluding hydrogens is 328 g/mol. The molecule has 0 N–H and O–H groups in total. The van der Waals surface area contributed by atoms with Gasteiger partial charge in [0.2, 0.25) is 0 Å². The molecule has 0 saturated heterocycles. The van der Waals surface area contributed by atoms with Gasteiger partial charge in [-0.3, -0.25) is 0 Å². The van der Waals surface area contributed by atoms with Gasteiger partial charge in [-0.05, 0) is 53.7 Å². The summed E-state index contributed by atoms with van der Waals surface area (Å²) in [6, 6.07) is 2.65. The molecule has 0 fully saturated rings. The summed E-state index contributed by atoms with van der Waals surface area (Å²) in [4.78, 5) is 41.3. The molecule has 0 spiro atoms. The molecule has 138 valence electrons. The second kappa shape index (κ2) is 7.50. The molecule has 1 rings (SSSR count). The molecule has 1 heterocycles. The van der Waals surface area contributed by atoms with Crippen LogP contribution in [0.25, 0.3) is 0 Å². The smallest absolute Gasteiger partial charge is 0.425 e. The number of ether oxygens (including phenoxy) is 3. The van der Waals surface area contributed by atoms with Gasteiger partial charge in [0.05, 0.1) is 12.7 Å². The fraction of sp³-hybridized carbons (Fsp3) is 0.529. The average Bonchev–Trinajstić information content (AvgIpc) is 2.43. The molecule has 0 aromatic carbocycles. The van der Waals surface area contributed by atoms with Gasteiger partial charge >= 0.3 is 18.2 Å². The van der Waals surface area contributed by atoms with Crippen LogP contribution in [0.15, 0.2) is 18.3 Å². The maximum Gasteiger partial charge on any atom is 0.425 e. The number of hydrogen-bond donors (Lipinski definition) is 0. The molecule has 0 unspecified atom stereocenters. The van der Waals surface area contributed by atoms with Crippen molar-refractivity contribution in [2.45, 2.75) is 52.7 Å². The van der Waals surface area contributed by atoms with Crippen molar-refractivity contribution in [3.8, 4) is 0 Å². The van der Waals surface area contributed by atoms with E-state index < -0.39 is 29.4 Å². The lowest BCUT2D eigenvalue weighted by Crippen LogP contribution is -2.44. The molecule has 8 heteroatoms.